The summed E-state index contributed by atoms with van der Waals surface area (Å²) in [7, 11) is 0. The van der Waals surface area contributed by atoms with E-state index in [0.717, 1.165) is 24.9 Å². The van der Waals surface area contributed by atoms with Gasteiger partial charge in [-0.25, -0.2) is 0 Å². The van der Waals surface area contributed by atoms with Crippen LogP contribution in [0, 0.1) is 17.8 Å². The lowest BCUT2D eigenvalue weighted by Crippen LogP contribution is -3.12. The molecule has 2 nitrogen and oxygen atoms in total. The van der Waals surface area contributed by atoms with E-state index in [-0.39, 0.29) is 0 Å². The maximum absolute atomic E-state index is 11.5. The van der Waals surface area contributed by atoms with Crippen molar-refractivity contribution in [3.63, 3.8) is 0 Å². The van der Waals surface area contributed by atoms with Crippen LogP contribution in [0.1, 0.15) is 77.2 Å². The summed E-state index contributed by atoms with van der Waals surface area (Å²) in [5, 5.41) is 11.5. The Morgan fingerprint density at radius 1 is 1.00 bits per heavy atom. The molecule has 1 aromatic rings. The summed E-state index contributed by atoms with van der Waals surface area (Å²) in [6.45, 7) is 7.86. The summed E-state index contributed by atoms with van der Waals surface area (Å²) < 4.78 is 0. The Morgan fingerprint density at radius 2 is 1.62 bits per heavy atom. The van der Waals surface area contributed by atoms with Crippen LogP contribution in [0.15, 0.2) is 30.3 Å². The molecule has 0 spiro atoms. The summed E-state index contributed by atoms with van der Waals surface area (Å²) in [6, 6.07) is 10.2. The minimum atomic E-state index is -0.780. The molecule has 1 aromatic carbocycles. The smallest absolute Gasteiger partial charge is 0.139 e. The maximum Gasteiger partial charge on any atom is 0.139 e. The number of unbranched alkanes of at least 4 members (excludes halogenated alkanes) is 2. The number of benzene rings is 1. The molecule has 1 atom stereocenters. The highest BCUT2D eigenvalue weighted by atomic mass is 16.3. The fraction of sp³-hybridized carbons (Fsp3) is 0.667. The molecule has 0 aliphatic heterocycles. The van der Waals surface area contributed by atoms with Crippen molar-refractivity contribution >= 4 is 0 Å². The highest BCUT2D eigenvalue weighted by Gasteiger charge is 2.39. The van der Waals surface area contributed by atoms with Crippen molar-refractivity contribution in [2.45, 2.75) is 77.2 Å². The fourth-order valence-electron chi connectivity index (χ4n) is 4.15. The van der Waals surface area contributed by atoms with Gasteiger partial charge in [0.05, 0.1) is 13.1 Å². The van der Waals surface area contributed by atoms with Gasteiger partial charge < -0.3 is 10.0 Å². The van der Waals surface area contributed by atoms with Gasteiger partial charge in [-0.1, -0.05) is 75.8 Å². The molecule has 1 aliphatic carbocycles. The Kier molecular flexibility index (Phi) is 9.23. The van der Waals surface area contributed by atoms with E-state index in [9.17, 15) is 5.11 Å². The zero-order valence-corrected chi connectivity index (χ0v) is 16.9. The lowest BCUT2D eigenvalue weighted by atomic mass is 9.78. The molecule has 2 N–H and O–H groups in total. The standard InChI is InChI=1S/C24H37NO/c1-3-5-19-25(20-6-4-2)21-13-12-18-24(26,23-16-10-11-17-23)22-14-8-7-9-15-22/h7-9,14-15,23,26H,3-6,10-11,16-21H2,1-2H3/p+1. The largest absolute Gasteiger partial charge is 0.384 e. The summed E-state index contributed by atoms with van der Waals surface area (Å²) in [5.41, 5.74) is 0.264. The van der Waals surface area contributed by atoms with Gasteiger partial charge in [-0.15, -0.1) is 0 Å². The van der Waals surface area contributed by atoms with E-state index < -0.39 is 5.60 Å². The predicted molar refractivity (Wildman–Crippen MR) is 110 cm³/mol. The molecule has 0 aromatic heterocycles. The molecular weight excluding hydrogens is 318 g/mol. The van der Waals surface area contributed by atoms with Gasteiger partial charge in [0.15, 0.2) is 0 Å². The van der Waals surface area contributed by atoms with Gasteiger partial charge in [-0.3, -0.25) is 0 Å². The molecule has 1 saturated carbocycles. The van der Waals surface area contributed by atoms with E-state index >= 15 is 0 Å². The molecule has 1 fully saturated rings. The molecule has 0 amide bonds. The van der Waals surface area contributed by atoms with Gasteiger partial charge in [0.25, 0.3) is 0 Å². The molecule has 26 heavy (non-hydrogen) atoms. The van der Waals surface area contributed by atoms with Crippen molar-refractivity contribution in [1.29, 1.82) is 0 Å². The third-order valence-electron chi connectivity index (χ3n) is 5.89. The van der Waals surface area contributed by atoms with E-state index in [2.05, 4.69) is 37.8 Å². The van der Waals surface area contributed by atoms with Gasteiger partial charge in [-0.2, -0.15) is 0 Å². The fourth-order valence-corrected chi connectivity index (χ4v) is 4.15. The summed E-state index contributed by atoms with van der Waals surface area (Å²) >= 11 is 0. The van der Waals surface area contributed by atoms with Gasteiger partial charge in [0.1, 0.15) is 12.1 Å². The summed E-state index contributed by atoms with van der Waals surface area (Å²) in [6.07, 6.45) is 10.3. The zero-order chi connectivity index (χ0) is 18.7. The highest BCUT2D eigenvalue weighted by Crippen LogP contribution is 2.42. The van der Waals surface area contributed by atoms with Gasteiger partial charge in [0.2, 0.25) is 0 Å². The summed E-state index contributed by atoms with van der Waals surface area (Å²) in [4.78, 5) is 1.60. The lowest BCUT2D eigenvalue weighted by Gasteiger charge is -2.33. The molecule has 0 saturated heterocycles. The van der Waals surface area contributed by atoms with Crippen molar-refractivity contribution in [2.75, 3.05) is 19.6 Å². The zero-order valence-electron chi connectivity index (χ0n) is 16.9. The van der Waals surface area contributed by atoms with E-state index in [1.165, 1.54) is 51.6 Å². The average molecular weight is 357 g/mol. The first-order valence-electron chi connectivity index (χ1n) is 10.8. The van der Waals surface area contributed by atoms with Crippen LogP contribution in [-0.2, 0) is 5.60 Å². The number of nitrogens with one attached hydrogen (secondary N) is 1. The second-order valence-electron chi connectivity index (χ2n) is 7.94. The number of hydrogen-bond acceptors (Lipinski definition) is 1. The molecule has 0 radical (unpaired) electrons. The van der Waals surface area contributed by atoms with Crippen LogP contribution in [0.4, 0.5) is 0 Å². The highest BCUT2D eigenvalue weighted by molar-refractivity contribution is 5.26. The van der Waals surface area contributed by atoms with Crippen LogP contribution in [0.5, 0.6) is 0 Å². The molecule has 0 heterocycles. The Hall–Kier alpha value is -1.30. The van der Waals surface area contributed by atoms with E-state index in [4.69, 9.17) is 0 Å². The Morgan fingerprint density at radius 3 is 2.19 bits per heavy atom. The van der Waals surface area contributed by atoms with Crippen LogP contribution in [0.25, 0.3) is 0 Å². The van der Waals surface area contributed by atoms with Crippen molar-refractivity contribution in [1.82, 2.24) is 0 Å². The number of aliphatic hydroxyl groups is 1. The average Bonchev–Trinajstić information content (AvgIpc) is 3.22. The topological polar surface area (TPSA) is 24.7 Å². The monoisotopic (exact) mass is 356 g/mol. The van der Waals surface area contributed by atoms with Crippen LogP contribution in [0.2, 0.25) is 0 Å². The number of rotatable bonds is 10. The minimum absolute atomic E-state index is 0.350. The first-order chi connectivity index (χ1) is 12.7. The lowest BCUT2D eigenvalue weighted by molar-refractivity contribution is -0.893. The molecule has 2 rings (SSSR count). The third-order valence-corrected chi connectivity index (χ3v) is 5.89. The Labute approximate surface area is 161 Å². The Balaban J connectivity index is 2.01. The Bertz CT molecular complexity index is 545. The second kappa shape index (κ2) is 11.4. The van der Waals surface area contributed by atoms with Crippen LogP contribution >= 0.6 is 0 Å². The van der Waals surface area contributed by atoms with Gasteiger partial charge in [0, 0.05) is 6.42 Å². The normalized spacial score (nSPS) is 17.1. The first kappa shape index (κ1) is 21.0. The van der Waals surface area contributed by atoms with Crippen molar-refractivity contribution < 1.29 is 10.0 Å². The molecule has 0 bridgehead atoms. The van der Waals surface area contributed by atoms with E-state index in [0.29, 0.717) is 12.3 Å². The first-order valence-corrected chi connectivity index (χ1v) is 10.8. The summed E-state index contributed by atoms with van der Waals surface area (Å²) in [5.74, 6) is 7.12. The third kappa shape index (κ3) is 6.15. The number of quaternary nitrogens is 1. The molecule has 2 heteroatoms. The van der Waals surface area contributed by atoms with Gasteiger partial charge >= 0.3 is 0 Å². The van der Waals surface area contributed by atoms with Crippen molar-refractivity contribution in [3.8, 4) is 11.8 Å². The molecular formula is C24H38NO+. The molecule has 1 unspecified atom stereocenters. The second-order valence-corrected chi connectivity index (χ2v) is 7.94. The van der Waals surface area contributed by atoms with Gasteiger partial charge in [-0.05, 0) is 43.1 Å². The van der Waals surface area contributed by atoms with Crippen LogP contribution in [-0.4, -0.2) is 24.7 Å². The van der Waals surface area contributed by atoms with Crippen molar-refractivity contribution in [2.24, 2.45) is 5.92 Å². The predicted octanol–water partition coefficient (Wildman–Crippen LogP) is 3.94. The quantitative estimate of drug-likeness (QED) is 0.610. The maximum atomic E-state index is 11.5. The minimum Gasteiger partial charge on any atom is -0.384 e. The van der Waals surface area contributed by atoms with E-state index in [1.807, 2.05) is 18.2 Å². The van der Waals surface area contributed by atoms with E-state index in [1.54, 1.807) is 4.90 Å². The van der Waals surface area contributed by atoms with Crippen molar-refractivity contribution in [3.05, 3.63) is 35.9 Å². The molecule has 1 aliphatic rings. The van der Waals surface area contributed by atoms with Crippen LogP contribution < -0.4 is 4.90 Å². The molecule has 144 valence electrons. The SMILES string of the molecule is CCCC[NH+](CC#CCC(O)(c1ccccc1)C1CCCC1)CCCC. The van der Waals surface area contributed by atoms with Crippen LogP contribution in [0.3, 0.4) is 0 Å². The number of hydrogen-bond donors (Lipinski definition) is 2.